The molecule has 0 bridgehead atoms. The van der Waals surface area contributed by atoms with Crippen LogP contribution in [0.2, 0.25) is 0 Å². The quantitative estimate of drug-likeness (QED) is 0.757. The highest BCUT2D eigenvalue weighted by Crippen LogP contribution is 2.19. The molecule has 2 N–H and O–H groups in total. The lowest BCUT2D eigenvalue weighted by atomic mass is 10.3. The Morgan fingerprint density at radius 1 is 1.67 bits per heavy atom. The van der Waals surface area contributed by atoms with Crippen molar-refractivity contribution in [3.05, 3.63) is 23.9 Å². The molecule has 1 heterocycles. The number of carboxylic acids is 1. The van der Waals surface area contributed by atoms with E-state index < -0.39 is 17.9 Å². The maximum Gasteiger partial charge on any atom is 0.327 e. The number of pyridine rings is 1. The number of hydrogen-bond donors (Lipinski definition) is 2. The van der Waals surface area contributed by atoms with Gasteiger partial charge in [-0.05, 0) is 12.1 Å². The Labute approximate surface area is 108 Å². The minimum atomic E-state index is -1.12. The number of carbonyl (C=O) groups excluding carboxylic acids is 1. The van der Waals surface area contributed by atoms with E-state index in [-0.39, 0.29) is 5.75 Å². The Morgan fingerprint density at radius 2 is 2.39 bits per heavy atom. The lowest BCUT2D eigenvalue weighted by Gasteiger charge is -2.12. The summed E-state index contributed by atoms with van der Waals surface area (Å²) in [4.78, 5) is 25.7. The van der Waals surface area contributed by atoms with Gasteiger partial charge in [0.15, 0.2) is 0 Å². The van der Waals surface area contributed by atoms with Crippen molar-refractivity contribution in [1.29, 1.82) is 5.26 Å². The summed E-state index contributed by atoms with van der Waals surface area (Å²) in [6.45, 7) is 1.25. The van der Waals surface area contributed by atoms with Crippen molar-refractivity contribution in [3.63, 3.8) is 0 Å². The third-order valence-electron chi connectivity index (χ3n) is 1.95. The molecule has 0 aliphatic rings. The fraction of sp³-hybridized carbons (Fsp3) is 0.273. The lowest BCUT2D eigenvalue weighted by Crippen LogP contribution is -2.41. The van der Waals surface area contributed by atoms with Crippen molar-refractivity contribution in [2.45, 2.75) is 18.0 Å². The van der Waals surface area contributed by atoms with Gasteiger partial charge in [-0.25, -0.2) is 9.78 Å². The number of amides is 1. The van der Waals surface area contributed by atoms with Gasteiger partial charge in [0, 0.05) is 18.9 Å². The van der Waals surface area contributed by atoms with Crippen LogP contribution in [0.1, 0.15) is 12.5 Å². The predicted molar refractivity (Wildman–Crippen MR) is 64.9 cm³/mol. The average Bonchev–Trinajstić information content (AvgIpc) is 2.34. The fourth-order valence-corrected chi connectivity index (χ4v) is 2.13. The molecule has 0 aliphatic carbocycles. The van der Waals surface area contributed by atoms with E-state index in [0.717, 1.165) is 11.8 Å². The van der Waals surface area contributed by atoms with Gasteiger partial charge in [0.1, 0.15) is 17.1 Å². The van der Waals surface area contributed by atoms with E-state index in [1.165, 1.54) is 13.1 Å². The molecule has 0 fully saturated rings. The monoisotopic (exact) mass is 265 g/mol. The molecular weight excluding hydrogens is 254 g/mol. The van der Waals surface area contributed by atoms with Crippen molar-refractivity contribution < 1.29 is 14.7 Å². The second-order valence-corrected chi connectivity index (χ2v) is 4.38. The molecule has 1 rings (SSSR count). The predicted octanol–water partition coefficient (Wildman–Crippen LogP) is 0.635. The summed E-state index contributed by atoms with van der Waals surface area (Å²) in [5.41, 5.74) is 0.384. The third-order valence-corrected chi connectivity index (χ3v) is 3.05. The first-order chi connectivity index (χ1) is 8.54. The second-order valence-electron chi connectivity index (χ2n) is 3.37. The van der Waals surface area contributed by atoms with Gasteiger partial charge >= 0.3 is 5.97 Å². The fourth-order valence-electron chi connectivity index (χ4n) is 1.17. The normalized spacial score (nSPS) is 11.3. The summed E-state index contributed by atoms with van der Waals surface area (Å²) in [5.74, 6) is -1.42. The largest absolute Gasteiger partial charge is 0.480 e. The number of hydrogen-bond acceptors (Lipinski definition) is 5. The van der Waals surface area contributed by atoms with Gasteiger partial charge in [0.05, 0.1) is 5.56 Å². The van der Waals surface area contributed by atoms with Crippen LogP contribution in [-0.2, 0) is 9.59 Å². The Hall–Kier alpha value is -2.07. The van der Waals surface area contributed by atoms with E-state index in [1.54, 1.807) is 12.1 Å². The van der Waals surface area contributed by atoms with Gasteiger partial charge in [0.25, 0.3) is 0 Å². The maximum atomic E-state index is 10.9. The van der Waals surface area contributed by atoms with E-state index in [9.17, 15) is 9.59 Å². The number of nitriles is 1. The highest BCUT2D eigenvalue weighted by Gasteiger charge is 2.19. The Bertz CT molecular complexity index is 499. The zero-order valence-corrected chi connectivity index (χ0v) is 10.4. The van der Waals surface area contributed by atoms with Crippen LogP contribution in [0, 0.1) is 11.3 Å². The molecule has 1 amide bonds. The minimum absolute atomic E-state index is 0.112. The smallest absolute Gasteiger partial charge is 0.327 e. The van der Waals surface area contributed by atoms with Crippen LogP contribution < -0.4 is 5.32 Å². The number of nitrogens with one attached hydrogen (secondary N) is 1. The molecule has 1 aromatic heterocycles. The van der Waals surface area contributed by atoms with Crippen LogP contribution in [0.25, 0.3) is 0 Å². The summed E-state index contributed by atoms with van der Waals surface area (Å²) in [5, 5.41) is 20.5. The highest BCUT2D eigenvalue weighted by atomic mass is 32.2. The third kappa shape index (κ3) is 4.07. The highest BCUT2D eigenvalue weighted by molar-refractivity contribution is 7.99. The van der Waals surface area contributed by atoms with Crippen LogP contribution in [0.15, 0.2) is 23.4 Å². The van der Waals surface area contributed by atoms with Crippen LogP contribution >= 0.6 is 11.8 Å². The molecule has 0 aliphatic heterocycles. The molecule has 0 saturated carbocycles. The maximum absolute atomic E-state index is 10.9. The van der Waals surface area contributed by atoms with Crippen molar-refractivity contribution in [3.8, 4) is 6.07 Å². The van der Waals surface area contributed by atoms with Crippen LogP contribution in [0.4, 0.5) is 0 Å². The molecule has 1 aromatic rings. The molecule has 0 aromatic carbocycles. The Morgan fingerprint density at radius 3 is 2.94 bits per heavy atom. The number of aliphatic carboxylic acids is 1. The number of carboxylic acid groups (broad SMARTS) is 1. The first kappa shape index (κ1) is 14.0. The molecule has 1 atom stereocenters. The number of nitrogens with zero attached hydrogens (tertiary/aromatic N) is 2. The second kappa shape index (κ2) is 6.61. The van der Waals surface area contributed by atoms with E-state index in [0.29, 0.717) is 10.6 Å². The standard InChI is InChI=1S/C11H11N3O3S/c1-7(15)14-9(11(16)17)6-18-10-8(5-12)3-2-4-13-10/h2-4,9H,6H2,1H3,(H,14,15)(H,16,17). The van der Waals surface area contributed by atoms with Gasteiger partial charge in [-0.1, -0.05) is 0 Å². The number of rotatable bonds is 5. The molecule has 18 heavy (non-hydrogen) atoms. The average molecular weight is 265 g/mol. The van der Waals surface area contributed by atoms with Crippen LogP contribution in [0.3, 0.4) is 0 Å². The van der Waals surface area contributed by atoms with Crippen molar-refractivity contribution >= 4 is 23.6 Å². The van der Waals surface area contributed by atoms with Gasteiger partial charge in [0.2, 0.25) is 5.91 Å². The van der Waals surface area contributed by atoms with Crippen LogP contribution in [0.5, 0.6) is 0 Å². The molecule has 7 heteroatoms. The first-order valence-electron chi connectivity index (χ1n) is 5.02. The minimum Gasteiger partial charge on any atom is -0.480 e. The van der Waals surface area contributed by atoms with Crippen molar-refractivity contribution in [2.75, 3.05) is 5.75 Å². The van der Waals surface area contributed by atoms with E-state index in [1.807, 2.05) is 6.07 Å². The molecule has 0 spiro atoms. The van der Waals surface area contributed by atoms with E-state index >= 15 is 0 Å². The zero-order valence-electron chi connectivity index (χ0n) is 9.58. The van der Waals surface area contributed by atoms with Crippen molar-refractivity contribution in [2.24, 2.45) is 0 Å². The summed E-state index contributed by atoms with van der Waals surface area (Å²) in [6.07, 6.45) is 1.53. The molecule has 1 unspecified atom stereocenters. The van der Waals surface area contributed by atoms with E-state index in [2.05, 4.69) is 10.3 Å². The topological polar surface area (TPSA) is 103 Å². The summed E-state index contributed by atoms with van der Waals surface area (Å²) < 4.78 is 0. The van der Waals surface area contributed by atoms with Gasteiger partial charge < -0.3 is 10.4 Å². The number of thioether (sulfide) groups is 1. The Kier molecular flexibility index (Phi) is 5.14. The Balaban J connectivity index is 2.70. The van der Waals surface area contributed by atoms with Gasteiger partial charge in [-0.3, -0.25) is 4.79 Å². The molecular formula is C11H11N3O3S. The zero-order chi connectivity index (χ0) is 13.5. The van der Waals surface area contributed by atoms with Gasteiger partial charge in [-0.15, -0.1) is 11.8 Å². The summed E-state index contributed by atoms with van der Waals surface area (Å²) in [7, 11) is 0. The SMILES string of the molecule is CC(=O)NC(CSc1ncccc1C#N)C(=O)O. The molecule has 0 saturated heterocycles. The molecule has 0 radical (unpaired) electrons. The number of aromatic nitrogens is 1. The molecule has 94 valence electrons. The van der Waals surface area contributed by atoms with Crippen molar-refractivity contribution in [1.82, 2.24) is 10.3 Å². The first-order valence-corrected chi connectivity index (χ1v) is 6.01. The van der Waals surface area contributed by atoms with Gasteiger partial charge in [-0.2, -0.15) is 5.26 Å². The summed E-state index contributed by atoms with van der Waals surface area (Å²) in [6, 6.07) is 4.20. The number of carbonyl (C=O) groups is 2. The summed E-state index contributed by atoms with van der Waals surface area (Å²) >= 11 is 1.12. The molecule has 6 nitrogen and oxygen atoms in total. The van der Waals surface area contributed by atoms with E-state index in [4.69, 9.17) is 10.4 Å². The lowest BCUT2D eigenvalue weighted by molar-refractivity contribution is -0.140. The van der Waals surface area contributed by atoms with Crippen LogP contribution in [-0.4, -0.2) is 33.8 Å².